The van der Waals surface area contributed by atoms with Gasteiger partial charge >= 0.3 is 0 Å². The van der Waals surface area contributed by atoms with E-state index in [-0.39, 0.29) is 11.7 Å². The van der Waals surface area contributed by atoms with Gasteiger partial charge in [-0.15, -0.1) is 0 Å². The molecule has 2 aliphatic carbocycles. The molecule has 0 aromatic heterocycles. The van der Waals surface area contributed by atoms with Crippen molar-refractivity contribution in [1.29, 1.82) is 0 Å². The van der Waals surface area contributed by atoms with Crippen LogP contribution in [-0.2, 0) is 4.79 Å². The number of nitrogens with zero attached hydrogens (tertiary/aromatic N) is 1. The summed E-state index contributed by atoms with van der Waals surface area (Å²) >= 11 is 0. The molecule has 2 unspecified atom stereocenters. The monoisotopic (exact) mass is 253 g/mol. The van der Waals surface area contributed by atoms with E-state index >= 15 is 0 Å². The molecule has 0 aromatic carbocycles. The fourth-order valence-electron chi connectivity index (χ4n) is 3.14. The molecule has 0 heterocycles. The summed E-state index contributed by atoms with van der Waals surface area (Å²) < 4.78 is 0. The first-order valence-corrected chi connectivity index (χ1v) is 6.86. The summed E-state index contributed by atoms with van der Waals surface area (Å²) in [4.78, 5) is 12.2. The van der Waals surface area contributed by atoms with Crippen LogP contribution in [-0.4, -0.2) is 23.5 Å². The molecule has 18 heavy (non-hydrogen) atoms. The van der Waals surface area contributed by atoms with E-state index in [0.717, 1.165) is 13.0 Å². The molecule has 0 aromatic rings. The van der Waals surface area contributed by atoms with Crippen molar-refractivity contribution in [2.75, 3.05) is 6.54 Å². The molecule has 0 aliphatic heterocycles. The summed E-state index contributed by atoms with van der Waals surface area (Å²) in [7, 11) is 0. The van der Waals surface area contributed by atoms with E-state index in [1.165, 1.54) is 19.3 Å². The molecule has 5 nitrogen and oxygen atoms in total. The van der Waals surface area contributed by atoms with Crippen LogP contribution in [0.1, 0.15) is 45.4 Å². The molecular formula is C13H23N3O2. The molecule has 5 heteroatoms. The summed E-state index contributed by atoms with van der Waals surface area (Å²) in [5.74, 6) is 1.26. The quantitative estimate of drug-likeness (QED) is 0.307. The van der Waals surface area contributed by atoms with E-state index in [4.69, 9.17) is 10.9 Å². The summed E-state index contributed by atoms with van der Waals surface area (Å²) in [6.07, 6.45) is 6.05. The van der Waals surface area contributed by atoms with Crippen LogP contribution < -0.4 is 11.1 Å². The van der Waals surface area contributed by atoms with Gasteiger partial charge in [-0.2, -0.15) is 0 Å². The van der Waals surface area contributed by atoms with Crippen LogP contribution in [0.2, 0.25) is 0 Å². The molecule has 4 N–H and O–H groups in total. The molecule has 2 rings (SSSR count). The number of hydrogen-bond acceptors (Lipinski definition) is 3. The Kier molecular flexibility index (Phi) is 3.78. The SMILES string of the molecule is CC1CCCC1CNC(=O)C1(C(N)=NO)CCC1. The molecule has 2 saturated carbocycles. The highest BCUT2D eigenvalue weighted by atomic mass is 16.4. The number of amides is 1. The number of carbonyl (C=O) groups is 1. The predicted octanol–water partition coefficient (Wildman–Crippen LogP) is 1.46. The topological polar surface area (TPSA) is 87.7 Å². The molecule has 0 spiro atoms. The smallest absolute Gasteiger partial charge is 0.233 e. The molecule has 0 bridgehead atoms. The van der Waals surface area contributed by atoms with Crippen LogP contribution in [0.3, 0.4) is 0 Å². The van der Waals surface area contributed by atoms with Crippen LogP contribution in [0.15, 0.2) is 5.16 Å². The number of nitrogens with two attached hydrogens (primary N) is 1. The van der Waals surface area contributed by atoms with Crippen molar-refractivity contribution >= 4 is 11.7 Å². The maximum Gasteiger partial charge on any atom is 0.233 e. The summed E-state index contributed by atoms with van der Waals surface area (Å²) in [6, 6.07) is 0. The van der Waals surface area contributed by atoms with Crippen molar-refractivity contribution in [1.82, 2.24) is 5.32 Å². The van der Waals surface area contributed by atoms with Crippen molar-refractivity contribution in [3.63, 3.8) is 0 Å². The Hall–Kier alpha value is -1.26. The third kappa shape index (κ3) is 2.18. The van der Waals surface area contributed by atoms with Gasteiger partial charge < -0.3 is 16.3 Å². The van der Waals surface area contributed by atoms with Gasteiger partial charge in [0.05, 0.1) is 0 Å². The van der Waals surface area contributed by atoms with Crippen LogP contribution in [0.4, 0.5) is 0 Å². The van der Waals surface area contributed by atoms with Crippen LogP contribution in [0.25, 0.3) is 0 Å². The Labute approximate surface area is 108 Å². The second kappa shape index (κ2) is 5.16. The lowest BCUT2D eigenvalue weighted by atomic mass is 9.67. The number of oxime groups is 1. The number of carbonyl (C=O) groups excluding carboxylic acids is 1. The molecule has 2 fully saturated rings. The largest absolute Gasteiger partial charge is 0.409 e. The van der Waals surface area contributed by atoms with Gasteiger partial charge in [-0.1, -0.05) is 31.3 Å². The zero-order valence-corrected chi connectivity index (χ0v) is 11.0. The predicted molar refractivity (Wildman–Crippen MR) is 69.2 cm³/mol. The average Bonchev–Trinajstić information content (AvgIpc) is 2.70. The molecule has 2 aliphatic rings. The fourth-order valence-corrected chi connectivity index (χ4v) is 3.14. The van der Waals surface area contributed by atoms with Gasteiger partial charge in [-0.25, -0.2) is 0 Å². The fraction of sp³-hybridized carbons (Fsp3) is 0.846. The summed E-state index contributed by atoms with van der Waals surface area (Å²) in [5, 5.41) is 14.8. The first-order chi connectivity index (χ1) is 8.60. The van der Waals surface area contributed by atoms with Gasteiger partial charge in [0.25, 0.3) is 0 Å². The van der Waals surface area contributed by atoms with E-state index in [0.29, 0.717) is 24.7 Å². The van der Waals surface area contributed by atoms with Gasteiger partial charge in [0, 0.05) is 6.54 Å². The van der Waals surface area contributed by atoms with E-state index in [1.807, 2.05) is 0 Å². The second-order valence-corrected chi connectivity index (χ2v) is 5.80. The Balaban J connectivity index is 1.91. The van der Waals surface area contributed by atoms with Gasteiger partial charge in [0.2, 0.25) is 5.91 Å². The molecule has 102 valence electrons. The van der Waals surface area contributed by atoms with Crippen LogP contribution in [0.5, 0.6) is 0 Å². The number of nitrogens with one attached hydrogen (secondary N) is 1. The minimum absolute atomic E-state index is 0.0609. The standard InChI is InChI=1S/C13H23N3O2/c1-9-4-2-5-10(9)8-15-12(17)13(6-3-7-13)11(14)16-18/h9-10,18H,2-8H2,1H3,(H2,14,16)(H,15,17). The highest BCUT2D eigenvalue weighted by molar-refractivity contribution is 6.07. The van der Waals surface area contributed by atoms with E-state index in [9.17, 15) is 4.79 Å². The minimum Gasteiger partial charge on any atom is -0.409 e. The molecule has 2 atom stereocenters. The lowest BCUT2D eigenvalue weighted by Crippen LogP contribution is -2.54. The maximum absolute atomic E-state index is 12.2. The van der Waals surface area contributed by atoms with Gasteiger partial charge in [-0.3, -0.25) is 4.79 Å². The van der Waals surface area contributed by atoms with Crippen molar-refractivity contribution in [3.05, 3.63) is 0 Å². The Morgan fingerprint density at radius 3 is 2.61 bits per heavy atom. The van der Waals surface area contributed by atoms with Crippen LogP contribution >= 0.6 is 0 Å². The lowest BCUT2D eigenvalue weighted by molar-refractivity contribution is -0.131. The van der Waals surface area contributed by atoms with Gasteiger partial charge in [0.1, 0.15) is 5.41 Å². The first kappa shape index (κ1) is 13.2. The number of amidine groups is 1. The third-order valence-corrected chi connectivity index (χ3v) is 4.80. The maximum atomic E-state index is 12.2. The normalized spacial score (nSPS) is 30.8. The van der Waals surface area contributed by atoms with Crippen molar-refractivity contribution < 1.29 is 10.0 Å². The zero-order chi connectivity index (χ0) is 13.2. The van der Waals surface area contributed by atoms with E-state index in [2.05, 4.69) is 17.4 Å². The first-order valence-electron chi connectivity index (χ1n) is 6.86. The highest BCUT2D eigenvalue weighted by Crippen LogP contribution is 2.41. The van der Waals surface area contributed by atoms with Crippen molar-refractivity contribution in [2.45, 2.75) is 45.4 Å². The van der Waals surface area contributed by atoms with E-state index < -0.39 is 5.41 Å². The minimum atomic E-state index is -0.739. The van der Waals surface area contributed by atoms with Gasteiger partial charge in [0.15, 0.2) is 5.84 Å². The Morgan fingerprint density at radius 2 is 2.17 bits per heavy atom. The highest BCUT2D eigenvalue weighted by Gasteiger charge is 2.48. The van der Waals surface area contributed by atoms with Crippen molar-refractivity contribution in [3.8, 4) is 0 Å². The average molecular weight is 253 g/mol. The number of hydrogen-bond donors (Lipinski definition) is 3. The molecule has 0 saturated heterocycles. The van der Waals surface area contributed by atoms with Gasteiger partial charge in [-0.05, 0) is 31.1 Å². The summed E-state index contributed by atoms with van der Waals surface area (Å²) in [5.41, 5.74) is 4.92. The lowest BCUT2D eigenvalue weighted by Gasteiger charge is -2.39. The second-order valence-electron chi connectivity index (χ2n) is 5.80. The van der Waals surface area contributed by atoms with E-state index in [1.54, 1.807) is 0 Å². The zero-order valence-electron chi connectivity index (χ0n) is 11.0. The molecule has 1 amide bonds. The molecular weight excluding hydrogens is 230 g/mol. The van der Waals surface area contributed by atoms with Crippen molar-refractivity contribution in [2.24, 2.45) is 28.1 Å². The third-order valence-electron chi connectivity index (χ3n) is 4.80. The number of rotatable bonds is 4. The summed E-state index contributed by atoms with van der Waals surface area (Å²) in [6.45, 7) is 2.97. The molecule has 0 radical (unpaired) electrons. The Bertz CT molecular complexity index is 350. The Morgan fingerprint density at radius 1 is 1.44 bits per heavy atom. The van der Waals surface area contributed by atoms with Crippen LogP contribution in [0, 0.1) is 17.3 Å².